The van der Waals surface area contributed by atoms with E-state index in [0.29, 0.717) is 30.5 Å². The third-order valence-electron chi connectivity index (χ3n) is 5.68. The SMILES string of the molecule is CCOc1ccccc1N(CC(=O)NCC1CCCCC1)S(=O)(=O)c1ccc(SC)cc1. The quantitative estimate of drug-likeness (QED) is 0.503. The van der Waals surface area contributed by atoms with Crippen LogP contribution in [0, 0.1) is 5.92 Å². The molecule has 0 bridgehead atoms. The number of rotatable bonds is 10. The summed E-state index contributed by atoms with van der Waals surface area (Å²) in [5.74, 6) is 0.582. The van der Waals surface area contributed by atoms with Crippen molar-refractivity contribution in [2.24, 2.45) is 5.92 Å². The predicted molar refractivity (Wildman–Crippen MR) is 130 cm³/mol. The van der Waals surface area contributed by atoms with Gasteiger partial charge in [-0.1, -0.05) is 31.4 Å². The van der Waals surface area contributed by atoms with Crippen LogP contribution in [0.5, 0.6) is 5.75 Å². The molecule has 32 heavy (non-hydrogen) atoms. The van der Waals surface area contributed by atoms with Gasteiger partial charge in [-0.15, -0.1) is 11.8 Å². The van der Waals surface area contributed by atoms with Crippen molar-refractivity contribution in [3.63, 3.8) is 0 Å². The maximum absolute atomic E-state index is 13.6. The van der Waals surface area contributed by atoms with Crippen LogP contribution < -0.4 is 14.4 Å². The molecule has 2 aromatic rings. The van der Waals surface area contributed by atoms with Gasteiger partial charge < -0.3 is 10.1 Å². The van der Waals surface area contributed by atoms with Gasteiger partial charge >= 0.3 is 0 Å². The molecule has 0 atom stereocenters. The van der Waals surface area contributed by atoms with E-state index in [2.05, 4.69) is 5.32 Å². The van der Waals surface area contributed by atoms with Crippen LogP contribution in [0.4, 0.5) is 5.69 Å². The highest BCUT2D eigenvalue weighted by molar-refractivity contribution is 7.98. The van der Waals surface area contributed by atoms with Gasteiger partial charge in [0.2, 0.25) is 5.91 Å². The Morgan fingerprint density at radius 3 is 2.44 bits per heavy atom. The molecule has 1 aliphatic carbocycles. The first kappa shape index (κ1) is 24.5. The van der Waals surface area contributed by atoms with Crippen molar-refractivity contribution in [1.29, 1.82) is 0 Å². The van der Waals surface area contributed by atoms with Gasteiger partial charge in [0.15, 0.2) is 0 Å². The zero-order valence-corrected chi connectivity index (χ0v) is 20.4. The molecule has 6 nitrogen and oxygen atoms in total. The zero-order valence-electron chi connectivity index (χ0n) is 18.7. The lowest BCUT2D eigenvalue weighted by Gasteiger charge is -2.27. The number of carbonyl (C=O) groups is 1. The zero-order chi connectivity index (χ0) is 23.0. The molecule has 8 heteroatoms. The van der Waals surface area contributed by atoms with E-state index >= 15 is 0 Å². The third kappa shape index (κ3) is 6.19. The number of anilines is 1. The fourth-order valence-electron chi connectivity index (χ4n) is 3.95. The summed E-state index contributed by atoms with van der Waals surface area (Å²) in [4.78, 5) is 14.0. The molecule has 1 aliphatic rings. The number of carbonyl (C=O) groups excluding carboxylic acids is 1. The Hall–Kier alpha value is -2.19. The van der Waals surface area contributed by atoms with Gasteiger partial charge in [-0.3, -0.25) is 9.10 Å². The largest absolute Gasteiger partial charge is 0.492 e. The molecule has 0 spiro atoms. The first-order chi connectivity index (χ1) is 15.5. The molecule has 3 rings (SSSR count). The normalized spacial score (nSPS) is 14.7. The third-order valence-corrected chi connectivity index (χ3v) is 8.20. The van der Waals surface area contributed by atoms with Gasteiger partial charge in [0.25, 0.3) is 10.0 Å². The first-order valence-electron chi connectivity index (χ1n) is 11.1. The molecule has 1 saturated carbocycles. The average Bonchev–Trinajstić information content (AvgIpc) is 2.82. The lowest BCUT2D eigenvalue weighted by molar-refractivity contribution is -0.119. The summed E-state index contributed by atoms with van der Waals surface area (Å²) < 4.78 is 34.1. The number of benzene rings is 2. The molecule has 1 fully saturated rings. The van der Waals surface area contributed by atoms with Crippen molar-refractivity contribution in [3.05, 3.63) is 48.5 Å². The molecular weight excluding hydrogens is 444 g/mol. The van der Waals surface area contributed by atoms with Crippen LogP contribution in [0.25, 0.3) is 0 Å². The van der Waals surface area contributed by atoms with E-state index < -0.39 is 10.0 Å². The first-order valence-corrected chi connectivity index (χ1v) is 13.8. The minimum Gasteiger partial charge on any atom is -0.492 e. The van der Waals surface area contributed by atoms with Crippen LogP contribution in [-0.4, -0.2) is 40.3 Å². The molecule has 0 heterocycles. The molecule has 1 amide bonds. The van der Waals surface area contributed by atoms with Gasteiger partial charge in [-0.05, 0) is 68.3 Å². The number of amides is 1. The van der Waals surface area contributed by atoms with Crippen molar-refractivity contribution in [1.82, 2.24) is 5.32 Å². The number of para-hydroxylation sites is 2. The highest BCUT2D eigenvalue weighted by atomic mass is 32.2. The standard InChI is InChI=1S/C24H32N2O4S2/c1-3-30-23-12-8-7-11-22(23)26(18-24(27)25-17-19-9-5-4-6-10-19)32(28,29)21-15-13-20(31-2)14-16-21/h7-8,11-16,19H,3-6,9-10,17-18H2,1-2H3,(H,25,27). The number of nitrogens with one attached hydrogen (secondary N) is 1. The Labute approximate surface area is 195 Å². The summed E-state index contributed by atoms with van der Waals surface area (Å²) in [6, 6.07) is 13.6. The van der Waals surface area contributed by atoms with Gasteiger partial charge in [0.1, 0.15) is 12.3 Å². The fraction of sp³-hybridized carbons (Fsp3) is 0.458. The van der Waals surface area contributed by atoms with Crippen molar-refractivity contribution in [2.75, 3.05) is 30.3 Å². The van der Waals surface area contributed by atoms with Gasteiger partial charge in [0.05, 0.1) is 17.2 Å². The summed E-state index contributed by atoms with van der Waals surface area (Å²) in [6.45, 7) is 2.51. The molecule has 2 aromatic carbocycles. The Morgan fingerprint density at radius 2 is 1.78 bits per heavy atom. The minimum absolute atomic E-state index is 0.140. The molecule has 0 unspecified atom stereocenters. The van der Waals surface area contributed by atoms with E-state index in [4.69, 9.17) is 4.74 Å². The van der Waals surface area contributed by atoms with Crippen molar-refractivity contribution in [3.8, 4) is 5.75 Å². The Morgan fingerprint density at radius 1 is 1.09 bits per heavy atom. The second-order valence-corrected chi connectivity index (χ2v) is 10.6. The Balaban J connectivity index is 1.87. The summed E-state index contributed by atoms with van der Waals surface area (Å²) in [5.41, 5.74) is 0.358. The highest BCUT2D eigenvalue weighted by Crippen LogP contribution is 2.33. The topological polar surface area (TPSA) is 75.7 Å². The van der Waals surface area contributed by atoms with E-state index in [0.717, 1.165) is 22.0 Å². The smallest absolute Gasteiger partial charge is 0.264 e. The minimum atomic E-state index is -3.97. The van der Waals surface area contributed by atoms with Crippen LogP contribution in [0.3, 0.4) is 0 Å². The highest BCUT2D eigenvalue weighted by Gasteiger charge is 2.29. The van der Waals surface area contributed by atoms with Gasteiger partial charge in [-0.25, -0.2) is 8.42 Å². The second kappa shape index (κ2) is 11.6. The number of hydrogen-bond donors (Lipinski definition) is 1. The van der Waals surface area contributed by atoms with Crippen LogP contribution >= 0.6 is 11.8 Å². The molecule has 1 N–H and O–H groups in total. The summed E-state index contributed by atoms with van der Waals surface area (Å²) in [5, 5.41) is 2.96. The average molecular weight is 477 g/mol. The van der Waals surface area contributed by atoms with Crippen molar-refractivity contribution >= 4 is 33.4 Å². The maximum Gasteiger partial charge on any atom is 0.264 e. The summed E-state index contributed by atoms with van der Waals surface area (Å²) in [6.07, 6.45) is 7.78. The van der Waals surface area contributed by atoms with Crippen molar-refractivity contribution < 1.29 is 17.9 Å². The molecule has 0 radical (unpaired) electrons. The van der Waals surface area contributed by atoms with E-state index in [1.807, 2.05) is 13.2 Å². The molecule has 0 saturated heterocycles. The van der Waals surface area contributed by atoms with E-state index in [-0.39, 0.29) is 17.3 Å². The van der Waals surface area contributed by atoms with Gasteiger partial charge in [-0.2, -0.15) is 0 Å². The number of hydrogen-bond acceptors (Lipinski definition) is 5. The summed E-state index contributed by atoms with van der Waals surface area (Å²) in [7, 11) is -3.97. The number of nitrogens with zero attached hydrogens (tertiary/aromatic N) is 1. The van der Waals surface area contributed by atoms with Crippen LogP contribution in [0.1, 0.15) is 39.0 Å². The maximum atomic E-state index is 13.6. The molecule has 0 aliphatic heterocycles. The Kier molecular flexibility index (Phi) is 8.87. The monoisotopic (exact) mass is 476 g/mol. The second-order valence-electron chi connectivity index (χ2n) is 7.90. The van der Waals surface area contributed by atoms with Crippen LogP contribution in [-0.2, 0) is 14.8 Å². The lowest BCUT2D eigenvalue weighted by atomic mass is 9.89. The predicted octanol–water partition coefficient (Wildman–Crippen LogP) is 4.70. The fourth-order valence-corrected chi connectivity index (χ4v) is 5.79. The van der Waals surface area contributed by atoms with E-state index in [1.54, 1.807) is 60.3 Å². The summed E-state index contributed by atoms with van der Waals surface area (Å²) >= 11 is 1.54. The number of sulfonamides is 1. The van der Waals surface area contributed by atoms with Crippen LogP contribution in [0.15, 0.2) is 58.3 Å². The number of ether oxygens (including phenoxy) is 1. The van der Waals surface area contributed by atoms with Crippen LogP contribution in [0.2, 0.25) is 0 Å². The molecule has 174 valence electrons. The molecule has 0 aromatic heterocycles. The molecular formula is C24H32N2O4S2. The Bertz CT molecular complexity index is 987. The van der Waals surface area contributed by atoms with Gasteiger partial charge in [0, 0.05) is 11.4 Å². The lowest BCUT2D eigenvalue weighted by Crippen LogP contribution is -2.42. The van der Waals surface area contributed by atoms with Crippen molar-refractivity contribution in [2.45, 2.75) is 48.8 Å². The van der Waals surface area contributed by atoms with E-state index in [9.17, 15) is 13.2 Å². The number of thioether (sulfide) groups is 1. The van der Waals surface area contributed by atoms with E-state index in [1.165, 1.54) is 19.3 Å².